The van der Waals surface area contributed by atoms with Crippen LogP contribution >= 0.6 is 0 Å². The van der Waals surface area contributed by atoms with Gasteiger partial charge in [-0.3, -0.25) is 4.79 Å². The molecule has 2 atom stereocenters. The van der Waals surface area contributed by atoms with Crippen molar-refractivity contribution >= 4 is 17.6 Å². The lowest BCUT2D eigenvalue weighted by Crippen LogP contribution is -2.40. The van der Waals surface area contributed by atoms with E-state index in [9.17, 15) is 4.79 Å². The van der Waals surface area contributed by atoms with Crippen molar-refractivity contribution in [3.63, 3.8) is 0 Å². The maximum atomic E-state index is 11.9. The molecule has 1 N–H and O–H groups in total. The first-order valence-corrected chi connectivity index (χ1v) is 8.83. The Bertz CT molecular complexity index is 598. The van der Waals surface area contributed by atoms with Crippen LogP contribution in [0, 0.1) is 11.8 Å². The summed E-state index contributed by atoms with van der Waals surface area (Å²) < 4.78 is 4.92. The molecule has 1 aromatic carbocycles. The van der Waals surface area contributed by atoms with Crippen LogP contribution in [0.4, 0.5) is 5.69 Å². The number of nitrogens with zero attached hydrogens (tertiary/aromatic N) is 3. The minimum Gasteiger partial charge on any atom is -0.469 e. The molecule has 0 spiro atoms. The zero-order valence-corrected chi connectivity index (χ0v) is 16.0. The average molecular weight is 346 g/mol. The van der Waals surface area contributed by atoms with Gasteiger partial charge in [0.25, 0.3) is 0 Å². The number of rotatable bonds is 5. The number of hydrogen-bond acceptors (Lipinski definition) is 4. The number of likely N-dealkylation sites (tertiary alicyclic amines) is 1. The highest BCUT2D eigenvalue weighted by molar-refractivity contribution is 5.82. The predicted molar refractivity (Wildman–Crippen MR) is 102 cm³/mol. The molecule has 1 heterocycles. The fourth-order valence-corrected chi connectivity index (χ4v) is 3.09. The van der Waals surface area contributed by atoms with Gasteiger partial charge in [-0.1, -0.05) is 19.1 Å². The Morgan fingerprint density at radius 1 is 1.32 bits per heavy atom. The second-order valence-electron chi connectivity index (χ2n) is 6.74. The molecule has 6 nitrogen and oxygen atoms in total. The van der Waals surface area contributed by atoms with E-state index < -0.39 is 0 Å². The second kappa shape index (κ2) is 8.74. The van der Waals surface area contributed by atoms with Gasteiger partial charge in [0, 0.05) is 39.4 Å². The first-order chi connectivity index (χ1) is 12.0. The largest absolute Gasteiger partial charge is 0.469 e. The topological polar surface area (TPSA) is 57.2 Å². The van der Waals surface area contributed by atoms with Crippen molar-refractivity contribution < 1.29 is 9.53 Å². The summed E-state index contributed by atoms with van der Waals surface area (Å²) in [5.74, 6) is 0.895. The Hall–Kier alpha value is -2.24. The van der Waals surface area contributed by atoms with Crippen LogP contribution in [-0.2, 0) is 16.1 Å². The maximum Gasteiger partial charge on any atom is 0.310 e. The molecule has 25 heavy (non-hydrogen) atoms. The summed E-state index contributed by atoms with van der Waals surface area (Å²) in [5.41, 5.74) is 2.34. The number of benzene rings is 1. The lowest BCUT2D eigenvalue weighted by molar-refractivity contribution is -0.145. The number of methoxy groups -OCH3 is 1. The van der Waals surface area contributed by atoms with Gasteiger partial charge in [-0.05, 0) is 30.5 Å². The number of carbonyl (C=O) groups is 1. The normalized spacial score (nSPS) is 20.5. The summed E-state index contributed by atoms with van der Waals surface area (Å²) in [6.45, 7) is 7.02. The monoisotopic (exact) mass is 346 g/mol. The van der Waals surface area contributed by atoms with E-state index in [1.54, 1.807) is 0 Å². The molecular formula is C19H30N4O2. The molecule has 0 radical (unpaired) electrons. The molecule has 1 saturated heterocycles. The third-order valence-corrected chi connectivity index (χ3v) is 4.61. The van der Waals surface area contributed by atoms with Crippen molar-refractivity contribution in [2.45, 2.75) is 20.4 Å². The summed E-state index contributed by atoms with van der Waals surface area (Å²) in [7, 11) is 5.51. The van der Waals surface area contributed by atoms with Crippen molar-refractivity contribution in [3.05, 3.63) is 29.8 Å². The number of aliphatic imine (C=N–C) groups is 1. The summed E-state index contributed by atoms with van der Waals surface area (Å²) in [5, 5.41) is 3.34. The van der Waals surface area contributed by atoms with E-state index in [1.165, 1.54) is 12.8 Å². The van der Waals surface area contributed by atoms with Gasteiger partial charge in [0.05, 0.1) is 19.6 Å². The van der Waals surface area contributed by atoms with Crippen molar-refractivity contribution in [2.75, 3.05) is 45.7 Å². The first kappa shape index (κ1) is 19.1. The highest BCUT2D eigenvalue weighted by atomic mass is 16.5. The quantitative estimate of drug-likeness (QED) is 0.502. The molecule has 1 aliphatic rings. The molecule has 2 unspecified atom stereocenters. The van der Waals surface area contributed by atoms with E-state index in [-0.39, 0.29) is 17.8 Å². The first-order valence-electron chi connectivity index (χ1n) is 8.83. The average Bonchev–Trinajstić information content (AvgIpc) is 2.99. The van der Waals surface area contributed by atoms with Crippen LogP contribution in [-0.4, -0.2) is 57.7 Å². The zero-order chi connectivity index (χ0) is 18.4. The number of nitrogens with one attached hydrogen (secondary N) is 1. The molecule has 1 aliphatic heterocycles. The molecule has 1 aromatic rings. The predicted octanol–water partition coefficient (Wildman–Crippen LogP) is 1.96. The van der Waals surface area contributed by atoms with Crippen molar-refractivity contribution in [2.24, 2.45) is 16.8 Å². The van der Waals surface area contributed by atoms with E-state index >= 15 is 0 Å². The summed E-state index contributed by atoms with van der Waals surface area (Å²) in [6.07, 6.45) is 0. The van der Waals surface area contributed by atoms with Gasteiger partial charge in [0.1, 0.15) is 0 Å². The molecule has 0 saturated carbocycles. The van der Waals surface area contributed by atoms with Gasteiger partial charge in [-0.15, -0.1) is 0 Å². The standard InChI is InChI=1S/C19H30N4O2/c1-6-20-19(23-12-14(2)17(13-23)18(24)25-5)21-11-15-7-9-16(10-8-15)22(3)4/h7-10,14,17H,6,11-13H2,1-5H3,(H,20,21). The number of esters is 1. The maximum absolute atomic E-state index is 11.9. The van der Waals surface area contributed by atoms with Crippen LogP contribution in [0.5, 0.6) is 0 Å². The van der Waals surface area contributed by atoms with Crippen LogP contribution < -0.4 is 10.2 Å². The van der Waals surface area contributed by atoms with Gasteiger partial charge >= 0.3 is 5.97 Å². The van der Waals surface area contributed by atoms with Crippen LogP contribution in [0.15, 0.2) is 29.3 Å². The van der Waals surface area contributed by atoms with E-state index in [0.29, 0.717) is 13.1 Å². The summed E-state index contributed by atoms with van der Waals surface area (Å²) >= 11 is 0. The molecule has 138 valence electrons. The van der Waals surface area contributed by atoms with Crippen LogP contribution in [0.25, 0.3) is 0 Å². The van der Waals surface area contributed by atoms with E-state index in [1.807, 2.05) is 14.1 Å². The molecular weight excluding hydrogens is 316 g/mol. The lowest BCUT2D eigenvalue weighted by Gasteiger charge is -2.21. The van der Waals surface area contributed by atoms with Gasteiger partial charge < -0.3 is 19.9 Å². The molecule has 1 fully saturated rings. The number of hydrogen-bond donors (Lipinski definition) is 1. The molecule has 0 bridgehead atoms. The number of anilines is 1. The van der Waals surface area contributed by atoms with Crippen LogP contribution in [0.3, 0.4) is 0 Å². The smallest absolute Gasteiger partial charge is 0.310 e. The van der Waals surface area contributed by atoms with Crippen molar-refractivity contribution in [3.8, 4) is 0 Å². The fraction of sp³-hybridized carbons (Fsp3) is 0.579. The molecule has 0 amide bonds. The van der Waals surface area contributed by atoms with Gasteiger partial charge in [-0.25, -0.2) is 4.99 Å². The SMILES string of the molecule is CCNC(=NCc1ccc(N(C)C)cc1)N1CC(C)C(C(=O)OC)C1. The summed E-state index contributed by atoms with van der Waals surface area (Å²) in [6, 6.07) is 8.41. The number of ether oxygens (including phenoxy) is 1. The van der Waals surface area contributed by atoms with Crippen LogP contribution in [0.1, 0.15) is 19.4 Å². The van der Waals surface area contributed by atoms with Crippen molar-refractivity contribution in [1.82, 2.24) is 10.2 Å². The van der Waals surface area contributed by atoms with Crippen LogP contribution in [0.2, 0.25) is 0 Å². The van der Waals surface area contributed by atoms with Gasteiger partial charge in [0.15, 0.2) is 5.96 Å². The molecule has 6 heteroatoms. The van der Waals surface area contributed by atoms with Gasteiger partial charge in [0.2, 0.25) is 0 Å². The van der Waals surface area contributed by atoms with E-state index in [2.05, 4.69) is 53.2 Å². The van der Waals surface area contributed by atoms with Crippen molar-refractivity contribution in [1.29, 1.82) is 0 Å². The Morgan fingerprint density at radius 3 is 2.56 bits per heavy atom. The third-order valence-electron chi connectivity index (χ3n) is 4.61. The van der Waals surface area contributed by atoms with Gasteiger partial charge in [-0.2, -0.15) is 0 Å². The minimum absolute atomic E-state index is 0.0896. The zero-order valence-electron chi connectivity index (χ0n) is 16.0. The fourth-order valence-electron chi connectivity index (χ4n) is 3.09. The molecule has 0 aliphatic carbocycles. The summed E-state index contributed by atoms with van der Waals surface area (Å²) in [4.78, 5) is 20.9. The Labute approximate surface area is 150 Å². The highest BCUT2D eigenvalue weighted by Crippen LogP contribution is 2.24. The minimum atomic E-state index is -0.134. The lowest BCUT2D eigenvalue weighted by atomic mass is 9.99. The number of guanidine groups is 1. The Morgan fingerprint density at radius 2 is 2.00 bits per heavy atom. The van der Waals surface area contributed by atoms with E-state index in [0.717, 1.165) is 24.6 Å². The number of carbonyl (C=O) groups excluding carboxylic acids is 1. The molecule has 2 rings (SSSR count). The highest BCUT2D eigenvalue weighted by Gasteiger charge is 2.36. The Balaban J connectivity index is 2.07. The third kappa shape index (κ3) is 4.87. The van der Waals surface area contributed by atoms with E-state index in [4.69, 9.17) is 9.73 Å². The molecule has 0 aromatic heterocycles. The Kier molecular flexibility index (Phi) is 6.67. The second-order valence-corrected chi connectivity index (χ2v) is 6.74.